The van der Waals surface area contributed by atoms with Crippen LogP contribution in [0.5, 0.6) is 0 Å². The normalized spacial score (nSPS) is 16.9. The minimum absolute atomic E-state index is 0.0239. The van der Waals surface area contributed by atoms with Crippen LogP contribution in [0.15, 0.2) is 48.8 Å². The van der Waals surface area contributed by atoms with Crippen molar-refractivity contribution in [3.63, 3.8) is 0 Å². The molecule has 1 atom stereocenters. The van der Waals surface area contributed by atoms with Crippen LogP contribution in [0.25, 0.3) is 11.0 Å². The van der Waals surface area contributed by atoms with Crippen LogP contribution in [0, 0.1) is 5.82 Å². The first kappa shape index (κ1) is 16.7. The monoisotopic (exact) mass is 353 g/mol. The van der Waals surface area contributed by atoms with Crippen LogP contribution in [0.2, 0.25) is 0 Å². The van der Waals surface area contributed by atoms with Crippen LogP contribution in [-0.2, 0) is 11.3 Å². The molecule has 0 radical (unpaired) electrons. The number of amides is 1. The maximum atomic E-state index is 13.6. The molecule has 1 aliphatic heterocycles. The molecule has 1 fully saturated rings. The molecular formula is C20H20FN3O2. The average Bonchev–Trinajstić information content (AvgIpc) is 3.30. The zero-order chi connectivity index (χ0) is 17.9. The van der Waals surface area contributed by atoms with E-state index in [0.29, 0.717) is 24.3 Å². The van der Waals surface area contributed by atoms with Gasteiger partial charge in [-0.2, -0.15) is 0 Å². The Bertz CT molecular complexity index is 918. The number of fused-ring (bicyclic) bond motifs is 1. The molecule has 1 aromatic carbocycles. The molecule has 134 valence electrons. The molecule has 0 saturated carbocycles. The summed E-state index contributed by atoms with van der Waals surface area (Å²) in [6.07, 6.45) is 5.33. The molecule has 4 rings (SSSR count). The van der Waals surface area contributed by atoms with Gasteiger partial charge in [-0.15, -0.1) is 0 Å². The Morgan fingerprint density at radius 1 is 1.35 bits per heavy atom. The molecule has 0 unspecified atom stereocenters. The number of aromatic nitrogens is 2. The number of H-pyrrole nitrogens is 1. The summed E-state index contributed by atoms with van der Waals surface area (Å²) in [5, 5.41) is 0.786. The Kier molecular flexibility index (Phi) is 4.67. The fourth-order valence-electron chi connectivity index (χ4n) is 3.41. The number of benzene rings is 1. The third kappa shape index (κ3) is 3.46. The van der Waals surface area contributed by atoms with E-state index >= 15 is 0 Å². The molecule has 6 heteroatoms. The van der Waals surface area contributed by atoms with E-state index in [4.69, 9.17) is 4.74 Å². The van der Waals surface area contributed by atoms with Crippen molar-refractivity contribution in [1.29, 1.82) is 0 Å². The molecule has 3 aromatic rings. The largest absolute Gasteiger partial charge is 0.376 e. The summed E-state index contributed by atoms with van der Waals surface area (Å²) in [4.78, 5) is 22.2. The minimum Gasteiger partial charge on any atom is -0.376 e. The van der Waals surface area contributed by atoms with Crippen LogP contribution >= 0.6 is 0 Å². The van der Waals surface area contributed by atoms with E-state index in [9.17, 15) is 9.18 Å². The number of hydrogen-bond donors (Lipinski definition) is 1. The van der Waals surface area contributed by atoms with Gasteiger partial charge in [0.2, 0.25) is 0 Å². The minimum atomic E-state index is -0.302. The Balaban J connectivity index is 1.63. The fraction of sp³-hybridized carbons (Fsp3) is 0.300. The second-order valence-electron chi connectivity index (χ2n) is 6.55. The van der Waals surface area contributed by atoms with Crippen LogP contribution in [0.1, 0.15) is 28.8 Å². The first-order chi connectivity index (χ1) is 12.7. The number of ether oxygens (including phenoxy) is 1. The van der Waals surface area contributed by atoms with Gasteiger partial charge in [-0.1, -0.05) is 12.1 Å². The van der Waals surface area contributed by atoms with Gasteiger partial charge in [0.15, 0.2) is 0 Å². The third-order valence-corrected chi connectivity index (χ3v) is 4.68. The van der Waals surface area contributed by atoms with Gasteiger partial charge in [0, 0.05) is 37.5 Å². The van der Waals surface area contributed by atoms with Crippen LogP contribution in [0.4, 0.5) is 4.39 Å². The number of nitrogens with zero attached hydrogens (tertiary/aromatic N) is 2. The smallest absolute Gasteiger partial charge is 0.256 e. The van der Waals surface area contributed by atoms with Gasteiger partial charge in [0.25, 0.3) is 5.91 Å². The third-order valence-electron chi connectivity index (χ3n) is 4.68. The molecule has 0 bridgehead atoms. The van der Waals surface area contributed by atoms with E-state index in [1.54, 1.807) is 23.4 Å². The molecule has 1 aliphatic rings. The van der Waals surface area contributed by atoms with Crippen molar-refractivity contribution in [3.8, 4) is 0 Å². The van der Waals surface area contributed by atoms with Crippen molar-refractivity contribution < 1.29 is 13.9 Å². The van der Waals surface area contributed by atoms with E-state index in [0.717, 1.165) is 30.4 Å². The molecule has 1 N–H and O–H groups in total. The maximum Gasteiger partial charge on any atom is 0.256 e. The average molecular weight is 353 g/mol. The van der Waals surface area contributed by atoms with Crippen molar-refractivity contribution in [1.82, 2.24) is 14.9 Å². The Hall–Kier alpha value is -2.73. The Morgan fingerprint density at radius 3 is 3.08 bits per heavy atom. The van der Waals surface area contributed by atoms with Crippen molar-refractivity contribution in [2.24, 2.45) is 0 Å². The van der Waals surface area contributed by atoms with E-state index in [-0.39, 0.29) is 17.8 Å². The number of hydrogen-bond acceptors (Lipinski definition) is 3. The predicted octanol–water partition coefficient (Wildman–Crippen LogP) is 3.52. The summed E-state index contributed by atoms with van der Waals surface area (Å²) < 4.78 is 19.3. The number of nitrogens with one attached hydrogen (secondary N) is 1. The van der Waals surface area contributed by atoms with E-state index in [2.05, 4.69) is 9.97 Å². The van der Waals surface area contributed by atoms with Crippen molar-refractivity contribution in [2.75, 3.05) is 13.2 Å². The molecule has 0 aliphatic carbocycles. The van der Waals surface area contributed by atoms with E-state index in [1.165, 1.54) is 12.1 Å². The highest BCUT2D eigenvalue weighted by Crippen LogP contribution is 2.21. The second-order valence-corrected chi connectivity index (χ2v) is 6.55. The summed E-state index contributed by atoms with van der Waals surface area (Å²) in [6.45, 7) is 1.55. The zero-order valence-corrected chi connectivity index (χ0v) is 14.3. The van der Waals surface area contributed by atoms with Gasteiger partial charge in [-0.3, -0.25) is 4.79 Å². The van der Waals surface area contributed by atoms with Gasteiger partial charge in [-0.05, 0) is 42.7 Å². The summed E-state index contributed by atoms with van der Waals surface area (Å²) >= 11 is 0. The van der Waals surface area contributed by atoms with Crippen molar-refractivity contribution in [3.05, 3.63) is 65.7 Å². The van der Waals surface area contributed by atoms with Crippen LogP contribution in [0.3, 0.4) is 0 Å². The molecular weight excluding hydrogens is 333 g/mol. The number of pyridine rings is 1. The SMILES string of the molecule is O=C(c1c[nH]c2ncccc12)N(Cc1cccc(F)c1)C[C@H]1CCCO1. The quantitative estimate of drug-likeness (QED) is 0.763. The van der Waals surface area contributed by atoms with Gasteiger partial charge in [0.1, 0.15) is 11.5 Å². The van der Waals surface area contributed by atoms with Gasteiger partial charge in [0.05, 0.1) is 11.7 Å². The lowest BCUT2D eigenvalue weighted by atomic mass is 10.1. The highest BCUT2D eigenvalue weighted by Gasteiger charge is 2.25. The first-order valence-electron chi connectivity index (χ1n) is 8.78. The van der Waals surface area contributed by atoms with E-state index in [1.807, 2.05) is 18.2 Å². The molecule has 3 heterocycles. The lowest BCUT2D eigenvalue weighted by Gasteiger charge is -2.25. The fourth-order valence-corrected chi connectivity index (χ4v) is 3.41. The highest BCUT2D eigenvalue weighted by molar-refractivity contribution is 6.05. The first-order valence-corrected chi connectivity index (χ1v) is 8.78. The summed E-state index contributed by atoms with van der Waals surface area (Å²) in [5.41, 5.74) is 2.01. The number of carbonyl (C=O) groups is 1. The zero-order valence-electron chi connectivity index (χ0n) is 14.3. The van der Waals surface area contributed by atoms with Crippen LogP contribution in [-0.4, -0.2) is 40.0 Å². The topological polar surface area (TPSA) is 58.2 Å². The maximum absolute atomic E-state index is 13.6. The molecule has 0 spiro atoms. The molecule has 26 heavy (non-hydrogen) atoms. The Morgan fingerprint density at radius 2 is 2.27 bits per heavy atom. The number of halogens is 1. The van der Waals surface area contributed by atoms with Gasteiger partial charge in [-0.25, -0.2) is 9.37 Å². The number of rotatable bonds is 5. The second kappa shape index (κ2) is 7.25. The van der Waals surface area contributed by atoms with E-state index < -0.39 is 0 Å². The summed E-state index contributed by atoms with van der Waals surface area (Å²) in [7, 11) is 0. The highest BCUT2D eigenvalue weighted by atomic mass is 19.1. The predicted molar refractivity (Wildman–Crippen MR) is 96.2 cm³/mol. The summed E-state index contributed by atoms with van der Waals surface area (Å²) in [6, 6.07) is 10.0. The molecule has 2 aromatic heterocycles. The molecule has 1 amide bonds. The van der Waals surface area contributed by atoms with Crippen molar-refractivity contribution >= 4 is 16.9 Å². The Labute approximate surface area is 150 Å². The lowest BCUT2D eigenvalue weighted by molar-refractivity contribution is 0.0508. The van der Waals surface area contributed by atoms with Gasteiger partial charge >= 0.3 is 0 Å². The van der Waals surface area contributed by atoms with Gasteiger partial charge < -0.3 is 14.6 Å². The molecule has 5 nitrogen and oxygen atoms in total. The number of aromatic amines is 1. The lowest BCUT2D eigenvalue weighted by Crippen LogP contribution is -2.36. The number of carbonyl (C=O) groups excluding carboxylic acids is 1. The summed E-state index contributed by atoms with van der Waals surface area (Å²) in [5.74, 6) is -0.410. The van der Waals surface area contributed by atoms with Crippen molar-refractivity contribution in [2.45, 2.75) is 25.5 Å². The molecule has 1 saturated heterocycles. The standard InChI is InChI=1S/C20H20FN3O2/c21-15-5-1-4-14(10-15)12-24(13-16-6-3-9-26-16)20(25)18-11-23-19-17(18)7-2-8-22-19/h1-2,4-5,7-8,10-11,16H,3,6,9,12-13H2,(H,22,23)/t16-/m1/s1. The van der Waals surface area contributed by atoms with Crippen LogP contribution < -0.4 is 0 Å².